The average molecular weight is 295 g/mol. The van der Waals surface area contributed by atoms with Crippen LogP contribution in [0.25, 0.3) is 0 Å². The molecule has 2 aromatic rings. The van der Waals surface area contributed by atoms with Crippen molar-refractivity contribution in [3.8, 4) is 0 Å². The second-order valence-corrected chi connectivity index (χ2v) is 5.73. The molecule has 0 saturated carbocycles. The first-order chi connectivity index (χ1) is 10.6. The molecule has 0 saturated heterocycles. The number of amides is 1. The molecule has 0 unspecified atom stereocenters. The Labute approximate surface area is 133 Å². The molecule has 2 rings (SSSR count). The maximum Gasteiger partial charge on any atom is 0.224 e. The number of rotatable bonds is 6. The van der Waals surface area contributed by atoms with Gasteiger partial charge < -0.3 is 5.32 Å². The van der Waals surface area contributed by atoms with Crippen molar-refractivity contribution in [2.75, 3.05) is 0 Å². The Hall–Kier alpha value is -2.09. The first kappa shape index (κ1) is 16.3. The Morgan fingerprint density at radius 3 is 2.23 bits per heavy atom. The van der Waals surface area contributed by atoms with Gasteiger partial charge in [0.2, 0.25) is 5.91 Å². The van der Waals surface area contributed by atoms with Crippen molar-refractivity contribution in [3.63, 3.8) is 0 Å². The Morgan fingerprint density at radius 2 is 1.64 bits per heavy atom. The molecule has 1 atom stereocenters. The molecule has 1 N–H and O–H groups in total. The minimum Gasteiger partial charge on any atom is -0.349 e. The van der Waals surface area contributed by atoms with Gasteiger partial charge in [0.05, 0.1) is 12.5 Å². The van der Waals surface area contributed by atoms with E-state index in [9.17, 15) is 4.79 Å². The summed E-state index contributed by atoms with van der Waals surface area (Å²) in [5, 5.41) is 3.16. The van der Waals surface area contributed by atoms with Gasteiger partial charge in [0, 0.05) is 0 Å². The van der Waals surface area contributed by atoms with E-state index in [1.54, 1.807) is 0 Å². The quantitative estimate of drug-likeness (QED) is 0.842. The van der Waals surface area contributed by atoms with Gasteiger partial charge in [0.15, 0.2) is 0 Å². The van der Waals surface area contributed by atoms with E-state index in [1.807, 2.05) is 24.3 Å². The maximum atomic E-state index is 12.3. The van der Waals surface area contributed by atoms with Crippen molar-refractivity contribution in [3.05, 3.63) is 70.8 Å². The molecule has 0 fully saturated rings. The number of carbonyl (C=O) groups excluding carboxylic acids is 1. The standard InChI is InChI=1S/C20H25NO/c1-4-16-10-12-17(13-11-16)14-20(22)21-19(5-2)18-9-7-6-8-15(18)3/h6-13,19H,4-5,14H2,1-3H3,(H,21,22)/t19-/m1/s1. The first-order valence-electron chi connectivity index (χ1n) is 8.06. The molecule has 0 heterocycles. The van der Waals surface area contributed by atoms with Gasteiger partial charge in [-0.15, -0.1) is 0 Å². The van der Waals surface area contributed by atoms with E-state index in [1.165, 1.54) is 16.7 Å². The summed E-state index contributed by atoms with van der Waals surface area (Å²) in [6.07, 6.45) is 2.36. The highest BCUT2D eigenvalue weighted by Gasteiger charge is 2.14. The fourth-order valence-corrected chi connectivity index (χ4v) is 2.70. The van der Waals surface area contributed by atoms with Gasteiger partial charge in [-0.2, -0.15) is 0 Å². The Bertz CT molecular complexity index is 616. The van der Waals surface area contributed by atoms with Crippen LogP contribution in [0.1, 0.15) is 48.6 Å². The van der Waals surface area contributed by atoms with Gasteiger partial charge in [0.25, 0.3) is 0 Å². The third-order valence-corrected chi connectivity index (χ3v) is 4.10. The van der Waals surface area contributed by atoms with Gasteiger partial charge >= 0.3 is 0 Å². The first-order valence-corrected chi connectivity index (χ1v) is 8.06. The Morgan fingerprint density at radius 1 is 1.00 bits per heavy atom. The molecule has 2 aromatic carbocycles. The van der Waals surface area contributed by atoms with Crippen LogP contribution in [0, 0.1) is 6.92 Å². The second kappa shape index (κ2) is 7.79. The molecular formula is C20H25NO. The summed E-state index contributed by atoms with van der Waals surface area (Å²) < 4.78 is 0. The minimum absolute atomic E-state index is 0.0827. The lowest BCUT2D eigenvalue weighted by atomic mass is 9.99. The lowest BCUT2D eigenvalue weighted by Crippen LogP contribution is -2.29. The number of carbonyl (C=O) groups is 1. The Balaban J connectivity index is 2.01. The third-order valence-electron chi connectivity index (χ3n) is 4.10. The monoisotopic (exact) mass is 295 g/mol. The molecule has 0 aliphatic heterocycles. The fraction of sp³-hybridized carbons (Fsp3) is 0.350. The lowest BCUT2D eigenvalue weighted by Gasteiger charge is -2.19. The molecule has 2 heteroatoms. The van der Waals surface area contributed by atoms with Crippen molar-refractivity contribution >= 4 is 5.91 Å². The molecule has 116 valence electrons. The van der Waals surface area contributed by atoms with Gasteiger partial charge in [-0.3, -0.25) is 4.79 Å². The van der Waals surface area contributed by atoms with Crippen molar-refractivity contribution < 1.29 is 4.79 Å². The normalized spacial score (nSPS) is 12.0. The van der Waals surface area contributed by atoms with Crippen LogP contribution in [-0.4, -0.2) is 5.91 Å². The van der Waals surface area contributed by atoms with Gasteiger partial charge in [0.1, 0.15) is 0 Å². The summed E-state index contributed by atoms with van der Waals surface area (Å²) in [5.41, 5.74) is 4.80. The van der Waals surface area contributed by atoms with E-state index in [4.69, 9.17) is 0 Å². The topological polar surface area (TPSA) is 29.1 Å². The van der Waals surface area contributed by atoms with Gasteiger partial charge in [-0.25, -0.2) is 0 Å². The molecule has 0 aliphatic carbocycles. The summed E-state index contributed by atoms with van der Waals surface area (Å²) in [5.74, 6) is 0.0827. The summed E-state index contributed by atoms with van der Waals surface area (Å²) in [6, 6.07) is 16.6. The van der Waals surface area contributed by atoms with Crippen molar-refractivity contribution in [1.82, 2.24) is 5.32 Å². The average Bonchev–Trinajstić information content (AvgIpc) is 2.54. The predicted octanol–water partition coefficient (Wildman–Crippen LogP) is 4.37. The van der Waals surface area contributed by atoms with Crippen molar-refractivity contribution in [2.24, 2.45) is 0 Å². The van der Waals surface area contributed by atoms with Crippen LogP contribution in [0.2, 0.25) is 0 Å². The maximum absolute atomic E-state index is 12.3. The summed E-state index contributed by atoms with van der Waals surface area (Å²) in [4.78, 5) is 12.3. The number of nitrogens with one attached hydrogen (secondary N) is 1. The lowest BCUT2D eigenvalue weighted by molar-refractivity contribution is -0.121. The highest BCUT2D eigenvalue weighted by molar-refractivity contribution is 5.79. The summed E-state index contributed by atoms with van der Waals surface area (Å²) in [7, 11) is 0. The highest BCUT2D eigenvalue weighted by Crippen LogP contribution is 2.20. The van der Waals surface area contributed by atoms with E-state index >= 15 is 0 Å². The van der Waals surface area contributed by atoms with Crippen LogP contribution < -0.4 is 5.32 Å². The highest BCUT2D eigenvalue weighted by atomic mass is 16.1. The minimum atomic E-state index is 0.0827. The van der Waals surface area contributed by atoms with E-state index < -0.39 is 0 Å². The smallest absolute Gasteiger partial charge is 0.224 e. The zero-order valence-electron chi connectivity index (χ0n) is 13.7. The molecule has 0 aromatic heterocycles. The van der Waals surface area contributed by atoms with E-state index in [0.29, 0.717) is 6.42 Å². The van der Waals surface area contributed by atoms with Crippen LogP contribution in [-0.2, 0) is 17.6 Å². The SMILES string of the molecule is CCc1ccc(CC(=O)N[C@H](CC)c2ccccc2C)cc1. The van der Waals surface area contributed by atoms with E-state index in [2.05, 4.69) is 50.4 Å². The van der Waals surface area contributed by atoms with Crippen molar-refractivity contribution in [1.29, 1.82) is 0 Å². The third kappa shape index (κ3) is 4.20. The number of benzene rings is 2. The summed E-state index contributed by atoms with van der Waals surface area (Å²) in [6.45, 7) is 6.33. The number of hydrogen-bond acceptors (Lipinski definition) is 1. The Kier molecular flexibility index (Phi) is 5.76. The predicted molar refractivity (Wildman–Crippen MR) is 91.9 cm³/mol. The van der Waals surface area contributed by atoms with Gasteiger partial charge in [-0.05, 0) is 42.0 Å². The van der Waals surface area contributed by atoms with Crippen LogP contribution in [0.3, 0.4) is 0 Å². The van der Waals surface area contributed by atoms with Crippen LogP contribution in [0.15, 0.2) is 48.5 Å². The second-order valence-electron chi connectivity index (χ2n) is 5.73. The van der Waals surface area contributed by atoms with E-state index in [-0.39, 0.29) is 11.9 Å². The molecule has 22 heavy (non-hydrogen) atoms. The molecule has 0 bridgehead atoms. The zero-order valence-corrected chi connectivity index (χ0v) is 13.7. The van der Waals surface area contributed by atoms with Crippen LogP contribution in [0.5, 0.6) is 0 Å². The van der Waals surface area contributed by atoms with Crippen molar-refractivity contribution in [2.45, 2.75) is 46.1 Å². The molecule has 1 amide bonds. The van der Waals surface area contributed by atoms with Gasteiger partial charge in [-0.1, -0.05) is 62.4 Å². The molecule has 0 radical (unpaired) electrons. The molecule has 0 spiro atoms. The zero-order chi connectivity index (χ0) is 15.9. The fourth-order valence-electron chi connectivity index (χ4n) is 2.70. The van der Waals surface area contributed by atoms with Crippen LogP contribution in [0.4, 0.5) is 0 Å². The number of aryl methyl sites for hydroxylation is 2. The molecule has 0 aliphatic rings. The number of hydrogen-bond donors (Lipinski definition) is 1. The van der Waals surface area contributed by atoms with Crippen LogP contribution >= 0.6 is 0 Å². The van der Waals surface area contributed by atoms with E-state index in [0.717, 1.165) is 18.4 Å². The molecule has 2 nitrogen and oxygen atoms in total. The largest absolute Gasteiger partial charge is 0.349 e. The summed E-state index contributed by atoms with van der Waals surface area (Å²) >= 11 is 0. The molecular weight excluding hydrogens is 270 g/mol.